The van der Waals surface area contributed by atoms with Crippen LogP contribution in [0.5, 0.6) is 0 Å². The zero-order valence-electron chi connectivity index (χ0n) is 15.7. The van der Waals surface area contributed by atoms with Gasteiger partial charge < -0.3 is 25.5 Å². The van der Waals surface area contributed by atoms with E-state index in [9.17, 15) is 9.90 Å². The van der Waals surface area contributed by atoms with Gasteiger partial charge in [0.05, 0.1) is 24.8 Å². The van der Waals surface area contributed by atoms with Gasteiger partial charge >= 0.3 is 0 Å². The van der Waals surface area contributed by atoms with Crippen LogP contribution in [-0.4, -0.2) is 43.2 Å². The summed E-state index contributed by atoms with van der Waals surface area (Å²) in [6.07, 6.45) is 1.53. The van der Waals surface area contributed by atoms with E-state index in [1.165, 1.54) is 6.26 Å². The summed E-state index contributed by atoms with van der Waals surface area (Å²) in [6.45, 7) is 11.0. The molecule has 1 rings (SSSR count). The highest BCUT2D eigenvalue weighted by atomic mass is 127. The standard InChI is InChI=1S/C17H30N4O3.HI/c1-6-18-14(22)16(3,4)11-20-15(19-7-2)21-12-17(5,23)13-9-8-10-24-13;/h8-10,23H,6-7,11-12H2,1-5H3,(H,18,22)(H2,19,20,21);1H. The number of hydrogen-bond donors (Lipinski definition) is 4. The summed E-state index contributed by atoms with van der Waals surface area (Å²) in [7, 11) is 0. The number of aliphatic imine (C=N–C) groups is 1. The molecular formula is C17H31IN4O3. The second kappa shape index (κ2) is 10.6. The van der Waals surface area contributed by atoms with E-state index in [4.69, 9.17) is 4.42 Å². The first-order valence-electron chi connectivity index (χ1n) is 8.29. The molecule has 144 valence electrons. The smallest absolute Gasteiger partial charge is 0.227 e. The minimum Gasteiger partial charge on any atom is -0.466 e. The number of aliphatic hydroxyl groups is 1. The van der Waals surface area contributed by atoms with Crippen molar-refractivity contribution in [3.05, 3.63) is 24.2 Å². The summed E-state index contributed by atoms with van der Waals surface area (Å²) in [5.74, 6) is 0.988. The number of guanidine groups is 1. The fourth-order valence-corrected chi connectivity index (χ4v) is 2.02. The van der Waals surface area contributed by atoms with Gasteiger partial charge in [0.2, 0.25) is 5.91 Å². The molecule has 0 spiro atoms. The number of rotatable bonds is 8. The molecule has 0 aliphatic rings. The van der Waals surface area contributed by atoms with Crippen LogP contribution >= 0.6 is 24.0 Å². The van der Waals surface area contributed by atoms with E-state index < -0.39 is 11.0 Å². The van der Waals surface area contributed by atoms with Gasteiger partial charge in [-0.1, -0.05) is 0 Å². The monoisotopic (exact) mass is 466 g/mol. The lowest BCUT2D eigenvalue weighted by Gasteiger charge is -2.24. The SMILES string of the molecule is CCNC(=O)C(C)(C)CN=C(NCC)NCC(C)(O)c1ccco1.I. The molecule has 7 nitrogen and oxygen atoms in total. The van der Waals surface area contributed by atoms with Crippen LogP contribution in [0.2, 0.25) is 0 Å². The Balaban J connectivity index is 0.00000576. The third-order valence-electron chi connectivity index (χ3n) is 3.58. The second-order valence-corrected chi connectivity index (χ2v) is 6.54. The zero-order chi connectivity index (χ0) is 18.2. The Bertz CT molecular complexity index is 542. The molecule has 0 bridgehead atoms. The van der Waals surface area contributed by atoms with Crippen LogP contribution in [0, 0.1) is 5.41 Å². The number of furan rings is 1. The maximum atomic E-state index is 12.0. The van der Waals surface area contributed by atoms with Gasteiger partial charge in [0.15, 0.2) is 5.96 Å². The van der Waals surface area contributed by atoms with Crippen molar-refractivity contribution in [3.8, 4) is 0 Å². The van der Waals surface area contributed by atoms with Crippen molar-refractivity contribution >= 4 is 35.8 Å². The number of nitrogens with one attached hydrogen (secondary N) is 3. The molecule has 1 amide bonds. The van der Waals surface area contributed by atoms with E-state index in [2.05, 4.69) is 20.9 Å². The summed E-state index contributed by atoms with van der Waals surface area (Å²) in [5.41, 5.74) is -1.77. The highest BCUT2D eigenvalue weighted by molar-refractivity contribution is 14.0. The van der Waals surface area contributed by atoms with Gasteiger partial charge in [-0.3, -0.25) is 9.79 Å². The summed E-state index contributed by atoms with van der Waals surface area (Å²) in [5, 5.41) is 19.5. The molecule has 0 fully saturated rings. The third kappa shape index (κ3) is 7.64. The number of carbonyl (C=O) groups excluding carboxylic acids is 1. The lowest BCUT2D eigenvalue weighted by molar-refractivity contribution is -0.128. The minimum atomic E-state index is -1.16. The molecule has 8 heteroatoms. The van der Waals surface area contributed by atoms with Crippen LogP contribution in [0.4, 0.5) is 0 Å². The fourth-order valence-electron chi connectivity index (χ4n) is 2.02. The van der Waals surface area contributed by atoms with Gasteiger partial charge in [0, 0.05) is 13.1 Å². The van der Waals surface area contributed by atoms with Crippen molar-refractivity contribution < 1.29 is 14.3 Å². The van der Waals surface area contributed by atoms with E-state index in [1.807, 2.05) is 27.7 Å². The topological polar surface area (TPSA) is 98.9 Å². The van der Waals surface area contributed by atoms with Crippen LogP contribution in [-0.2, 0) is 10.4 Å². The lowest BCUT2D eigenvalue weighted by atomic mass is 9.92. The molecule has 1 unspecified atom stereocenters. The van der Waals surface area contributed by atoms with Crippen molar-refractivity contribution in [2.75, 3.05) is 26.2 Å². The average Bonchev–Trinajstić information content (AvgIpc) is 3.05. The number of carbonyl (C=O) groups is 1. The molecule has 4 N–H and O–H groups in total. The Hall–Kier alpha value is -1.29. The first-order chi connectivity index (χ1) is 11.2. The maximum Gasteiger partial charge on any atom is 0.227 e. The molecule has 1 aromatic rings. The second-order valence-electron chi connectivity index (χ2n) is 6.54. The lowest BCUT2D eigenvalue weighted by Crippen LogP contribution is -2.45. The molecule has 1 heterocycles. The predicted octanol–water partition coefficient (Wildman–Crippen LogP) is 1.82. The van der Waals surface area contributed by atoms with Gasteiger partial charge in [-0.05, 0) is 46.8 Å². The average molecular weight is 466 g/mol. The molecule has 0 saturated heterocycles. The fraction of sp³-hybridized carbons (Fsp3) is 0.647. The van der Waals surface area contributed by atoms with Gasteiger partial charge in [0.25, 0.3) is 0 Å². The predicted molar refractivity (Wildman–Crippen MR) is 110 cm³/mol. The first kappa shape index (κ1) is 23.7. The van der Waals surface area contributed by atoms with E-state index >= 15 is 0 Å². The molecule has 0 aliphatic carbocycles. The van der Waals surface area contributed by atoms with Gasteiger partial charge in [-0.2, -0.15) is 0 Å². The van der Waals surface area contributed by atoms with Gasteiger partial charge in [0.1, 0.15) is 11.4 Å². The zero-order valence-corrected chi connectivity index (χ0v) is 18.0. The van der Waals surface area contributed by atoms with Crippen molar-refractivity contribution in [1.82, 2.24) is 16.0 Å². The Labute approximate surface area is 167 Å². The van der Waals surface area contributed by atoms with Crippen LogP contribution in [0.3, 0.4) is 0 Å². The van der Waals surface area contributed by atoms with Crippen molar-refractivity contribution in [3.63, 3.8) is 0 Å². The van der Waals surface area contributed by atoms with Crippen LogP contribution in [0.1, 0.15) is 40.4 Å². The Morgan fingerprint density at radius 2 is 1.84 bits per heavy atom. The van der Waals surface area contributed by atoms with Crippen molar-refractivity contribution in [2.45, 2.75) is 40.2 Å². The molecule has 0 saturated carbocycles. The third-order valence-corrected chi connectivity index (χ3v) is 3.58. The quantitative estimate of drug-likeness (QED) is 0.266. The highest BCUT2D eigenvalue weighted by Gasteiger charge is 2.28. The Kier molecular flexibility index (Phi) is 10.1. The Morgan fingerprint density at radius 3 is 2.36 bits per heavy atom. The molecule has 1 atom stereocenters. The number of amides is 1. The van der Waals surface area contributed by atoms with E-state index in [-0.39, 0.29) is 36.4 Å². The van der Waals surface area contributed by atoms with Gasteiger partial charge in [-0.15, -0.1) is 24.0 Å². The van der Waals surface area contributed by atoms with Crippen molar-refractivity contribution in [1.29, 1.82) is 0 Å². The largest absolute Gasteiger partial charge is 0.466 e. The van der Waals surface area contributed by atoms with Gasteiger partial charge in [-0.25, -0.2) is 0 Å². The van der Waals surface area contributed by atoms with E-state index in [0.29, 0.717) is 31.4 Å². The molecule has 1 aromatic heterocycles. The normalized spacial score (nSPS) is 14.2. The van der Waals surface area contributed by atoms with E-state index in [1.54, 1.807) is 19.1 Å². The summed E-state index contributed by atoms with van der Waals surface area (Å²) in [4.78, 5) is 16.5. The molecule has 0 aliphatic heterocycles. The minimum absolute atomic E-state index is 0. The van der Waals surface area contributed by atoms with Crippen LogP contribution in [0.15, 0.2) is 27.8 Å². The van der Waals surface area contributed by atoms with Crippen LogP contribution in [0.25, 0.3) is 0 Å². The number of hydrogen-bond acceptors (Lipinski definition) is 4. The molecule has 25 heavy (non-hydrogen) atoms. The maximum absolute atomic E-state index is 12.0. The molecule has 0 aromatic carbocycles. The highest BCUT2D eigenvalue weighted by Crippen LogP contribution is 2.20. The van der Waals surface area contributed by atoms with E-state index in [0.717, 1.165) is 0 Å². The number of nitrogens with zero attached hydrogens (tertiary/aromatic N) is 1. The van der Waals surface area contributed by atoms with Crippen LogP contribution < -0.4 is 16.0 Å². The molecule has 0 radical (unpaired) electrons. The summed E-state index contributed by atoms with van der Waals surface area (Å²) >= 11 is 0. The first-order valence-corrected chi connectivity index (χ1v) is 8.29. The summed E-state index contributed by atoms with van der Waals surface area (Å²) < 4.78 is 5.26. The Morgan fingerprint density at radius 1 is 1.20 bits per heavy atom. The summed E-state index contributed by atoms with van der Waals surface area (Å²) in [6, 6.07) is 3.46. The molecular weight excluding hydrogens is 435 g/mol. The number of halogens is 1. The van der Waals surface area contributed by atoms with Crippen molar-refractivity contribution in [2.24, 2.45) is 10.4 Å².